The van der Waals surface area contributed by atoms with Gasteiger partial charge < -0.3 is 5.32 Å². The predicted molar refractivity (Wildman–Crippen MR) is 80.0 cm³/mol. The lowest BCUT2D eigenvalue weighted by Crippen LogP contribution is -2.20. The van der Waals surface area contributed by atoms with Crippen LogP contribution in [-0.4, -0.2) is 10.8 Å². The Morgan fingerprint density at radius 1 is 1.38 bits per heavy atom. The van der Waals surface area contributed by atoms with E-state index >= 15 is 0 Å². The number of carbonyl (C=O) groups excluding carboxylic acids is 1. The Bertz CT molecular complexity index is 585. The number of rotatable bonds is 4. The van der Waals surface area contributed by atoms with Crippen LogP contribution in [0.4, 0.5) is 11.4 Å². The molecule has 2 fully saturated rings. The molecule has 1 aromatic rings. The minimum atomic E-state index is -0.416. The number of fused-ring (bicyclic) bond motifs is 2. The Balaban J connectivity index is 1.65. The van der Waals surface area contributed by atoms with Crippen molar-refractivity contribution < 1.29 is 9.72 Å². The van der Waals surface area contributed by atoms with Crippen molar-refractivity contribution in [3.05, 3.63) is 33.9 Å². The van der Waals surface area contributed by atoms with Crippen molar-refractivity contribution in [2.75, 3.05) is 5.32 Å². The second-order valence-corrected chi connectivity index (χ2v) is 6.39. The molecule has 0 aromatic heterocycles. The Hall–Kier alpha value is -1.91. The second-order valence-electron chi connectivity index (χ2n) is 6.39. The maximum absolute atomic E-state index is 12.2. The molecule has 2 aliphatic rings. The van der Waals surface area contributed by atoms with Gasteiger partial charge in [0.25, 0.3) is 5.69 Å². The summed E-state index contributed by atoms with van der Waals surface area (Å²) in [5, 5.41) is 13.8. The van der Waals surface area contributed by atoms with Gasteiger partial charge in [-0.05, 0) is 50.0 Å². The van der Waals surface area contributed by atoms with E-state index in [0.29, 0.717) is 29.5 Å². The lowest BCUT2D eigenvalue weighted by atomic mass is 9.86. The van der Waals surface area contributed by atoms with E-state index in [0.717, 1.165) is 5.92 Å². The molecule has 1 amide bonds. The minimum absolute atomic E-state index is 0.0175. The summed E-state index contributed by atoms with van der Waals surface area (Å²) < 4.78 is 0. The first-order valence-electron chi connectivity index (χ1n) is 7.58. The number of amides is 1. The SMILES string of the molecule is Cc1c(NC(=O)C[C@H]2C[C@@H]3CC[C@@H]2C3)cccc1[N+](=O)[O-]. The molecular formula is C16H20N2O3. The Morgan fingerprint density at radius 3 is 2.81 bits per heavy atom. The molecule has 2 saturated carbocycles. The number of nitro benzene ring substituents is 1. The number of nitrogens with zero attached hydrogens (tertiary/aromatic N) is 1. The van der Waals surface area contributed by atoms with Crippen molar-refractivity contribution in [3.8, 4) is 0 Å². The molecule has 0 spiro atoms. The standard InChI is InChI=1S/C16H20N2O3/c1-10-14(3-2-4-15(10)18(20)21)17-16(19)9-13-8-11-5-6-12(13)7-11/h2-4,11-13H,5-9H2,1H3,(H,17,19)/t11-,12-,13-/m1/s1. The molecule has 5 heteroatoms. The highest BCUT2D eigenvalue weighted by Crippen LogP contribution is 2.49. The van der Waals surface area contributed by atoms with Gasteiger partial charge in [0, 0.05) is 12.5 Å². The fourth-order valence-electron chi connectivity index (χ4n) is 4.02. The molecule has 0 radical (unpaired) electrons. The highest BCUT2D eigenvalue weighted by Gasteiger charge is 2.40. The molecule has 3 atom stereocenters. The van der Waals surface area contributed by atoms with Crippen molar-refractivity contribution in [2.24, 2.45) is 17.8 Å². The van der Waals surface area contributed by atoms with Gasteiger partial charge >= 0.3 is 0 Å². The third kappa shape index (κ3) is 2.77. The van der Waals surface area contributed by atoms with Gasteiger partial charge in [0.15, 0.2) is 0 Å². The van der Waals surface area contributed by atoms with E-state index in [1.807, 2.05) is 0 Å². The lowest BCUT2D eigenvalue weighted by molar-refractivity contribution is -0.385. The zero-order valence-electron chi connectivity index (χ0n) is 12.2. The number of benzene rings is 1. The smallest absolute Gasteiger partial charge is 0.274 e. The van der Waals surface area contributed by atoms with E-state index in [9.17, 15) is 14.9 Å². The predicted octanol–water partition coefficient (Wildman–Crippen LogP) is 3.67. The molecule has 5 nitrogen and oxygen atoms in total. The normalized spacial score (nSPS) is 26.8. The summed E-state index contributed by atoms with van der Waals surface area (Å²) >= 11 is 0. The lowest BCUT2D eigenvalue weighted by Gasteiger charge is -2.21. The third-order valence-corrected chi connectivity index (χ3v) is 5.11. The van der Waals surface area contributed by atoms with Crippen LogP contribution in [0.1, 0.15) is 37.7 Å². The van der Waals surface area contributed by atoms with E-state index in [1.165, 1.54) is 31.7 Å². The van der Waals surface area contributed by atoms with Crippen molar-refractivity contribution in [1.29, 1.82) is 0 Å². The van der Waals surface area contributed by atoms with E-state index < -0.39 is 4.92 Å². The van der Waals surface area contributed by atoms with E-state index in [4.69, 9.17) is 0 Å². The molecule has 0 heterocycles. The first-order chi connectivity index (χ1) is 10.0. The average Bonchev–Trinajstić information content (AvgIpc) is 3.03. The molecule has 0 saturated heterocycles. The maximum atomic E-state index is 12.2. The van der Waals surface area contributed by atoms with Crippen LogP contribution in [0, 0.1) is 34.8 Å². The molecule has 2 bridgehead atoms. The van der Waals surface area contributed by atoms with Gasteiger partial charge in [0.1, 0.15) is 0 Å². The first-order valence-corrected chi connectivity index (χ1v) is 7.58. The zero-order valence-corrected chi connectivity index (χ0v) is 12.2. The summed E-state index contributed by atoms with van der Waals surface area (Å²) in [6.07, 6.45) is 5.59. The van der Waals surface area contributed by atoms with Crippen molar-refractivity contribution in [2.45, 2.75) is 39.0 Å². The van der Waals surface area contributed by atoms with Crippen LogP contribution in [0.25, 0.3) is 0 Å². The van der Waals surface area contributed by atoms with Gasteiger partial charge in [-0.3, -0.25) is 14.9 Å². The average molecular weight is 288 g/mol. The maximum Gasteiger partial charge on any atom is 0.274 e. The van der Waals surface area contributed by atoms with E-state index in [1.54, 1.807) is 19.1 Å². The zero-order chi connectivity index (χ0) is 15.0. The molecule has 21 heavy (non-hydrogen) atoms. The van der Waals surface area contributed by atoms with Crippen LogP contribution in [-0.2, 0) is 4.79 Å². The van der Waals surface area contributed by atoms with Gasteiger partial charge in [0.05, 0.1) is 16.2 Å². The molecule has 0 aliphatic heterocycles. The number of hydrogen-bond donors (Lipinski definition) is 1. The summed E-state index contributed by atoms with van der Waals surface area (Å²) in [7, 11) is 0. The highest BCUT2D eigenvalue weighted by atomic mass is 16.6. The van der Waals surface area contributed by atoms with Crippen LogP contribution in [0.5, 0.6) is 0 Å². The number of carbonyl (C=O) groups is 1. The number of nitro groups is 1. The second kappa shape index (κ2) is 5.47. The Kier molecular flexibility index (Phi) is 3.66. The number of hydrogen-bond acceptors (Lipinski definition) is 3. The van der Waals surface area contributed by atoms with E-state index in [-0.39, 0.29) is 11.6 Å². The van der Waals surface area contributed by atoms with E-state index in [2.05, 4.69) is 5.32 Å². The number of nitrogens with one attached hydrogen (secondary N) is 1. The van der Waals surface area contributed by atoms with Crippen molar-refractivity contribution >= 4 is 17.3 Å². The van der Waals surface area contributed by atoms with Crippen LogP contribution in [0.2, 0.25) is 0 Å². The monoisotopic (exact) mass is 288 g/mol. The largest absolute Gasteiger partial charge is 0.326 e. The summed E-state index contributed by atoms with van der Waals surface area (Å²) in [6.45, 7) is 1.67. The molecule has 0 unspecified atom stereocenters. The molecule has 1 aromatic carbocycles. The van der Waals surface area contributed by atoms with Gasteiger partial charge in [-0.15, -0.1) is 0 Å². The summed E-state index contributed by atoms with van der Waals surface area (Å²) in [4.78, 5) is 22.7. The number of anilines is 1. The quantitative estimate of drug-likeness (QED) is 0.678. The first kappa shape index (κ1) is 14.0. The summed E-state index contributed by atoms with van der Waals surface area (Å²) in [5.41, 5.74) is 1.12. The molecule has 2 aliphatic carbocycles. The summed E-state index contributed by atoms with van der Waals surface area (Å²) in [6, 6.07) is 4.79. The van der Waals surface area contributed by atoms with Crippen molar-refractivity contribution in [1.82, 2.24) is 0 Å². The molecule has 3 rings (SSSR count). The third-order valence-electron chi connectivity index (χ3n) is 5.11. The fraction of sp³-hybridized carbons (Fsp3) is 0.562. The minimum Gasteiger partial charge on any atom is -0.326 e. The van der Waals surface area contributed by atoms with Crippen LogP contribution < -0.4 is 5.32 Å². The van der Waals surface area contributed by atoms with Crippen LogP contribution in [0.3, 0.4) is 0 Å². The van der Waals surface area contributed by atoms with Gasteiger partial charge in [-0.1, -0.05) is 12.5 Å². The molecule has 112 valence electrons. The van der Waals surface area contributed by atoms with Gasteiger partial charge in [-0.25, -0.2) is 0 Å². The van der Waals surface area contributed by atoms with Gasteiger partial charge in [0.2, 0.25) is 5.91 Å². The van der Waals surface area contributed by atoms with Crippen LogP contribution >= 0.6 is 0 Å². The van der Waals surface area contributed by atoms with Crippen molar-refractivity contribution in [3.63, 3.8) is 0 Å². The Morgan fingerprint density at radius 2 is 2.19 bits per heavy atom. The molecule has 1 N–H and O–H groups in total. The van der Waals surface area contributed by atoms with Gasteiger partial charge in [-0.2, -0.15) is 0 Å². The summed E-state index contributed by atoms with van der Waals surface area (Å²) in [5.74, 6) is 2.03. The topological polar surface area (TPSA) is 72.2 Å². The molecular weight excluding hydrogens is 268 g/mol. The fourth-order valence-corrected chi connectivity index (χ4v) is 4.02. The van der Waals surface area contributed by atoms with Crippen LogP contribution in [0.15, 0.2) is 18.2 Å². The highest BCUT2D eigenvalue weighted by molar-refractivity contribution is 5.92. The Labute approximate surface area is 123 Å².